The first kappa shape index (κ1) is 23.5. The summed E-state index contributed by atoms with van der Waals surface area (Å²) in [6.07, 6.45) is 1.97. The number of benzene rings is 3. The molecular weight excluding hydrogens is 455 g/mol. The molecule has 0 amide bonds. The Labute approximate surface area is 205 Å². The minimum absolute atomic E-state index is 0.0541. The van der Waals surface area contributed by atoms with E-state index in [-0.39, 0.29) is 18.2 Å². The summed E-state index contributed by atoms with van der Waals surface area (Å²) in [4.78, 5) is 5.12. The molecule has 6 heteroatoms. The summed E-state index contributed by atoms with van der Waals surface area (Å²) in [6.45, 7) is 4.26. The molecule has 4 nitrogen and oxygen atoms in total. The van der Waals surface area contributed by atoms with Gasteiger partial charge in [0.15, 0.2) is 0 Å². The second kappa shape index (κ2) is 10.5. The topological polar surface area (TPSA) is 42.9 Å². The highest BCUT2D eigenvalue weighted by atomic mass is 35.5. The van der Waals surface area contributed by atoms with Crippen LogP contribution in [0.3, 0.4) is 0 Å². The van der Waals surface area contributed by atoms with Gasteiger partial charge in [0.2, 0.25) is 0 Å². The molecule has 2 atom stereocenters. The highest BCUT2D eigenvalue weighted by Crippen LogP contribution is 2.39. The van der Waals surface area contributed by atoms with E-state index in [1.165, 1.54) is 0 Å². The van der Waals surface area contributed by atoms with Crippen LogP contribution in [-0.4, -0.2) is 19.0 Å². The molecule has 0 fully saturated rings. The fourth-order valence-corrected chi connectivity index (χ4v) is 4.30. The maximum atomic E-state index is 6.38. The zero-order valence-corrected chi connectivity index (χ0v) is 20.5. The molecule has 0 spiro atoms. The van der Waals surface area contributed by atoms with Gasteiger partial charge in [0.05, 0.1) is 24.8 Å². The molecule has 33 heavy (non-hydrogen) atoms. The molecular formula is C27H28Cl2N2O2. The van der Waals surface area contributed by atoms with Gasteiger partial charge in [0, 0.05) is 16.1 Å². The summed E-state index contributed by atoms with van der Waals surface area (Å²) < 4.78 is 11.8. The van der Waals surface area contributed by atoms with E-state index in [1.54, 1.807) is 7.11 Å². The van der Waals surface area contributed by atoms with E-state index in [1.807, 2.05) is 66.7 Å². The van der Waals surface area contributed by atoms with Crippen molar-refractivity contribution in [2.45, 2.75) is 44.9 Å². The van der Waals surface area contributed by atoms with Crippen LogP contribution in [0.15, 0.2) is 71.7 Å². The van der Waals surface area contributed by atoms with E-state index >= 15 is 0 Å². The zero-order chi connectivity index (χ0) is 23.4. The smallest absolute Gasteiger partial charge is 0.134 e. The van der Waals surface area contributed by atoms with Crippen LogP contribution >= 0.6 is 23.2 Å². The van der Waals surface area contributed by atoms with Crippen LogP contribution in [0, 0.1) is 0 Å². The average Bonchev–Trinajstić information content (AvgIpc) is 3.28. The number of halogens is 2. The Hall–Kier alpha value is -2.69. The van der Waals surface area contributed by atoms with Crippen LogP contribution < -0.4 is 14.8 Å². The third-order valence-corrected chi connectivity index (χ3v) is 6.47. The Morgan fingerprint density at radius 2 is 1.48 bits per heavy atom. The number of amidine groups is 1. The number of ether oxygens (including phenoxy) is 2. The van der Waals surface area contributed by atoms with Gasteiger partial charge in [-0.05, 0) is 60.4 Å². The zero-order valence-electron chi connectivity index (χ0n) is 19.0. The first-order valence-electron chi connectivity index (χ1n) is 11.2. The quantitative estimate of drug-likeness (QED) is 0.363. The Kier molecular flexibility index (Phi) is 7.46. The van der Waals surface area contributed by atoms with E-state index in [4.69, 9.17) is 37.7 Å². The van der Waals surface area contributed by atoms with Crippen LogP contribution in [0.5, 0.6) is 11.5 Å². The van der Waals surface area contributed by atoms with Crippen LogP contribution in [0.1, 0.15) is 55.5 Å². The lowest BCUT2D eigenvalue weighted by atomic mass is 9.95. The second-order valence-electron chi connectivity index (χ2n) is 8.07. The standard InChI is InChI=1S/C27H28Cl2N2O2/c1-4-21(5-2)33-24-16-22(32-3)14-15-23(24)27-30-25(17-6-10-19(28)11-7-17)26(31-27)18-8-12-20(29)13-9-18/h6-16,21,25-26H,4-5H2,1-3H3,(H,30,31). The van der Waals surface area contributed by atoms with Gasteiger partial charge in [0.25, 0.3) is 0 Å². The Balaban J connectivity index is 1.76. The Morgan fingerprint density at radius 3 is 2.06 bits per heavy atom. The second-order valence-corrected chi connectivity index (χ2v) is 8.94. The van der Waals surface area contributed by atoms with Crippen LogP contribution in [0.2, 0.25) is 10.0 Å². The summed E-state index contributed by atoms with van der Waals surface area (Å²) in [5.74, 6) is 2.31. The van der Waals surface area contributed by atoms with E-state index in [0.717, 1.165) is 46.9 Å². The minimum Gasteiger partial charge on any atom is -0.497 e. The van der Waals surface area contributed by atoms with E-state index in [2.05, 4.69) is 19.2 Å². The summed E-state index contributed by atoms with van der Waals surface area (Å²) in [5.41, 5.74) is 3.10. The molecule has 2 unspecified atom stereocenters. The molecule has 0 aliphatic carbocycles. The van der Waals surface area contributed by atoms with Gasteiger partial charge in [0.1, 0.15) is 23.4 Å². The van der Waals surface area contributed by atoms with Crippen LogP contribution in [0.25, 0.3) is 0 Å². The third-order valence-electron chi connectivity index (χ3n) is 5.97. The number of rotatable bonds is 8. The molecule has 0 saturated heterocycles. The molecule has 0 bridgehead atoms. The van der Waals surface area contributed by atoms with Crippen LogP contribution in [-0.2, 0) is 0 Å². The van der Waals surface area contributed by atoms with Crippen LogP contribution in [0.4, 0.5) is 0 Å². The van der Waals surface area contributed by atoms with Gasteiger partial charge in [-0.1, -0.05) is 61.3 Å². The molecule has 1 heterocycles. The normalized spacial score (nSPS) is 17.6. The van der Waals surface area contributed by atoms with Gasteiger partial charge in [-0.3, -0.25) is 4.99 Å². The van der Waals surface area contributed by atoms with Crippen molar-refractivity contribution < 1.29 is 9.47 Å². The van der Waals surface area contributed by atoms with Gasteiger partial charge < -0.3 is 14.8 Å². The highest BCUT2D eigenvalue weighted by molar-refractivity contribution is 6.30. The van der Waals surface area contributed by atoms with E-state index in [9.17, 15) is 0 Å². The van der Waals surface area contributed by atoms with Crippen molar-refractivity contribution in [1.29, 1.82) is 0 Å². The first-order chi connectivity index (χ1) is 16.0. The molecule has 3 aromatic carbocycles. The maximum absolute atomic E-state index is 6.38. The number of methoxy groups -OCH3 is 1. The summed E-state index contributed by atoms with van der Waals surface area (Å²) >= 11 is 12.3. The maximum Gasteiger partial charge on any atom is 0.134 e. The SMILES string of the molecule is CCC(CC)Oc1cc(OC)ccc1C1=NC(c2ccc(Cl)cc2)C(c2ccc(Cl)cc2)N1. The molecule has 0 aromatic heterocycles. The van der Waals surface area contributed by atoms with Crippen molar-refractivity contribution in [3.63, 3.8) is 0 Å². The Bertz CT molecular complexity index is 1110. The number of nitrogens with one attached hydrogen (secondary N) is 1. The van der Waals surface area contributed by atoms with Crippen molar-refractivity contribution in [3.8, 4) is 11.5 Å². The number of aliphatic imine (C=N–C) groups is 1. The fraction of sp³-hybridized carbons (Fsp3) is 0.296. The Morgan fingerprint density at radius 1 is 0.879 bits per heavy atom. The van der Waals surface area contributed by atoms with Crippen molar-refractivity contribution in [3.05, 3.63) is 93.5 Å². The molecule has 4 rings (SSSR count). The lowest BCUT2D eigenvalue weighted by molar-refractivity contribution is 0.192. The summed E-state index contributed by atoms with van der Waals surface area (Å²) in [6, 6.07) is 21.4. The summed E-state index contributed by atoms with van der Waals surface area (Å²) in [5, 5.41) is 5.05. The predicted octanol–water partition coefficient (Wildman–Crippen LogP) is 7.40. The minimum atomic E-state index is -0.124. The van der Waals surface area contributed by atoms with Gasteiger partial charge in [-0.15, -0.1) is 0 Å². The third kappa shape index (κ3) is 5.29. The van der Waals surface area contributed by atoms with Crippen molar-refractivity contribution in [2.24, 2.45) is 4.99 Å². The molecule has 1 aliphatic heterocycles. The lowest BCUT2D eigenvalue weighted by Gasteiger charge is -2.21. The van der Waals surface area contributed by atoms with Gasteiger partial charge in [-0.25, -0.2) is 0 Å². The van der Waals surface area contributed by atoms with Gasteiger partial charge >= 0.3 is 0 Å². The highest BCUT2D eigenvalue weighted by Gasteiger charge is 2.33. The summed E-state index contributed by atoms with van der Waals surface area (Å²) in [7, 11) is 1.66. The number of hydrogen-bond acceptors (Lipinski definition) is 4. The molecule has 3 aromatic rings. The fourth-order valence-electron chi connectivity index (χ4n) is 4.04. The monoisotopic (exact) mass is 482 g/mol. The average molecular weight is 483 g/mol. The molecule has 0 radical (unpaired) electrons. The predicted molar refractivity (Wildman–Crippen MR) is 136 cm³/mol. The van der Waals surface area contributed by atoms with E-state index in [0.29, 0.717) is 10.0 Å². The van der Waals surface area contributed by atoms with Crippen molar-refractivity contribution >= 4 is 29.0 Å². The van der Waals surface area contributed by atoms with E-state index < -0.39 is 0 Å². The molecule has 1 N–H and O–H groups in total. The largest absolute Gasteiger partial charge is 0.497 e. The van der Waals surface area contributed by atoms with Crippen molar-refractivity contribution in [2.75, 3.05) is 7.11 Å². The van der Waals surface area contributed by atoms with Gasteiger partial charge in [-0.2, -0.15) is 0 Å². The molecule has 172 valence electrons. The van der Waals surface area contributed by atoms with Crippen molar-refractivity contribution in [1.82, 2.24) is 5.32 Å². The lowest BCUT2D eigenvalue weighted by Crippen LogP contribution is -2.26. The number of hydrogen-bond donors (Lipinski definition) is 1. The molecule has 1 aliphatic rings. The molecule has 0 saturated carbocycles. The first-order valence-corrected chi connectivity index (χ1v) is 12.0. The number of nitrogens with zero attached hydrogens (tertiary/aromatic N) is 1.